The number of fused-ring (bicyclic) bond motifs is 1. The number of hydrogen-bond acceptors (Lipinski definition) is 4. The molecule has 2 aromatic rings. The van der Waals surface area contributed by atoms with Gasteiger partial charge in [-0.15, -0.1) is 0 Å². The number of hydrogen-bond donors (Lipinski definition) is 2. The van der Waals surface area contributed by atoms with Crippen LogP contribution in [0.2, 0.25) is 0 Å². The molecule has 1 aromatic carbocycles. The molecule has 5 heteroatoms. The number of carbonyl (C=O) groups excluding carboxylic acids is 1. The Hall–Kier alpha value is -1.98. The van der Waals surface area contributed by atoms with Gasteiger partial charge in [0.25, 0.3) is 0 Å². The second-order valence-corrected chi connectivity index (χ2v) is 6.08. The molecule has 0 saturated carbocycles. The minimum Gasteiger partial charge on any atom is -0.379 e. The van der Waals surface area contributed by atoms with E-state index in [2.05, 4.69) is 27.8 Å². The Kier molecular flexibility index (Phi) is 6.07. The number of carbonyl (C=O) groups is 1. The van der Waals surface area contributed by atoms with Crippen molar-refractivity contribution in [2.24, 2.45) is 0 Å². The molecular formula is C18H29N3O2. The zero-order chi connectivity index (χ0) is 16.7. The van der Waals surface area contributed by atoms with E-state index in [4.69, 9.17) is 4.74 Å². The van der Waals surface area contributed by atoms with Crippen LogP contribution in [0.1, 0.15) is 28.1 Å². The van der Waals surface area contributed by atoms with Crippen molar-refractivity contribution in [3.63, 3.8) is 0 Å². The molecule has 0 aliphatic carbocycles. The SMILES string of the molecule is C1COCCN1.Cc1cc2ccccc2c(C(C)(C)NC=O)n1.[HH].[HH]. The maximum atomic E-state index is 10.7. The molecule has 1 aromatic heterocycles. The van der Waals surface area contributed by atoms with E-state index in [0.717, 1.165) is 54.9 Å². The monoisotopic (exact) mass is 319 g/mol. The van der Waals surface area contributed by atoms with Gasteiger partial charge >= 0.3 is 0 Å². The van der Waals surface area contributed by atoms with Crippen molar-refractivity contribution >= 4 is 17.2 Å². The van der Waals surface area contributed by atoms with E-state index in [1.54, 1.807) is 0 Å². The Balaban J connectivity index is 0.000000616. The molecule has 1 aliphatic rings. The first-order valence-corrected chi connectivity index (χ1v) is 7.91. The van der Waals surface area contributed by atoms with Crippen LogP contribution in [-0.2, 0) is 15.1 Å². The number of aromatic nitrogens is 1. The third-order valence-electron chi connectivity index (χ3n) is 3.73. The summed E-state index contributed by atoms with van der Waals surface area (Å²) < 4.78 is 5.01. The highest BCUT2D eigenvalue weighted by Gasteiger charge is 2.23. The lowest BCUT2D eigenvalue weighted by atomic mass is 9.94. The van der Waals surface area contributed by atoms with Crippen LogP contribution in [0.15, 0.2) is 30.3 Å². The highest BCUT2D eigenvalue weighted by molar-refractivity contribution is 5.85. The lowest BCUT2D eigenvalue weighted by Gasteiger charge is -2.25. The van der Waals surface area contributed by atoms with Crippen LogP contribution in [0.5, 0.6) is 0 Å². The standard InChI is InChI=1S/C14H16N2O.C4H9NO.2H2/c1-10-8-11-6-4-5-7-12(11)13(16-10)14(2,3)15-9-17;1-3-6-4-2-5-1;;/h4-9H,1-3H3,(H,15,17);5H,1-4H2;2*1H. The van der Waals surface area contributed by atoms with Crippen LogP contribution in [-0.4, -0.2) is 37.7 Å². The van der Waals surface area contributed by atoms with Gasteiger partial charge in [0, 0.05) is 27.0 Å². The van der Waals surface area contributed by atoms with Crippen LogP contribution in [0, 0.1) is 6.92 Å². The molecule has 1 amide bonds. The second-order valence-electron chi connectivity index (χ2n) is 6.08. The summed E-state index contributed by atoms with van der Waals surface area (Å²) in [5, 5.41) is 8.20. The molecule has 23 heavy (non-hydrogen) atoms. The summed E-state index contributed by atoms with van der Waals surface area (Å²) >= 11 is 0. The molecule has 5 nitrogen and oxygen atoms in total. The summed E-state index contributed by atoms with van der Waals surface area (Å²) in [6, 6.07) is 10.1. The lowest BCUT2D eigenvalue weighted by Crippen LogP contribution is -2.36. The van der Waals surface area contributed by atoms with E-state index in [1.165, 1.54) is 0 Å². The summed E-state index contributed by atoms with van der Waals surface area (Å²) in [5.41, 5.74) is 1.40. The third-order valence-corrected chi connectivity index (χ3v) is 3.73. The first-order chi connectivity index (χ1) is 11.0. The number of pyridine rings is 1. The minimum atomic E-state index is -0.465. The molecule has 3 rings (SSSR count). The molecule has 2 N–H and O–H groups in total. The fraction of sp³-hybridized carbons (Fsp3) is 0.444. The van der Waals surface area contributed by atoms with Crippen molar-refractivity contribution in [1.82, 2.24) is 15.6 Å². The normalized spacial score (nSPS) is 14.7. The first kappa shape index (κ1) is 17.4. The number of morpholine rings is 1. The van der Waals surface area contributed by atoms with E-state index in [9.17, 15) is 4.79 Å². The Morgan fingerprint density at radius 1 is 1.30 bits per heavy atom. The van der Waals surface area contributed by atoms with Gasteiger partial charge in [0.05, 0.1) is 24.4 Å². The van der Waals surface area contributed by atoms with E-state index >= 15 is 0 Å². The quantitative estimate of drug-likeness (QED) is 0.854. The van der Waals surface area contributed by atoms with Crippen LogP contribution in [0.25, 0.3) is 10.8 Å². The van der Waals surface area contributed by atoms with Gasteiger partial charge in [0.15, 0.2) is 0 Å². The Morgan fingerprint density at radius 2 is 2.00 bits per heavy atom. The summed E-state index contributed by atoms with van der Waals surface area (Å²) in [4.78, 5) is 15.2. The molecule has 1 fully saturated rings. The average Bonchev–Trinajstić information content (AvgIpc) is 2.56. The van der Waals surface area contributed by atoms with Crippen molar-refractivity contribution < 1.29 is 12.4 Å². The fourth-order valence-electron chi connectivity index (χ4n) is 2.54. The van der Waals surface area contributed by atoms with Gasteiger partial charge in [-0.25, -0.2) is 0 Å². The molecular weight excluding hydrogens is 290 g/mol. The average molecular weight is 319 g/mol. The molecule has 0 unspecified atom stereocenters. The second kappa shape index (κ2) is 8.04. The predicted molar refractivity (Wildman–Crippen MR) is 96.6 cm³/mol. The minimum absolute atomic E-state index is 0. The maximum absolute atomic E-state index is 10.7. The summed E-state index contributed by atoms with van der Waals surface area (Å²) in [5.74, 6) is 0. The van der Waals surface area contributed by atoms with Crippen molar-refractivity contribution in [2.45, 2.75) is 26.3 Å². The molecule has 0 radical (unpaired) electrons. The highest BCUT2D eigenvalue weighted by atomic mass is 16.5. The fourth-order valence-corrected chi connectivity index (χ4v) is 2.54. The van der Waals surface area contributed by atoms with E-state index in [1.807, 2.05) is 39.0 Å². The molecule has 128 valence electrons. The summed E-state index contributed by atoms with van der Waals surface area (Å²) in [6.45, 7) is 9.71. The van der Waals surface area contributed by atoms with Gasteiger partial charge in [-0.1, -0.05) is 24.3 Å². The zero-order valence-corrected chi connectivity index (χ0v) is 14.1. The van der Waals surface area contributed by atoms with Crippen LogP contribution in [0.3, 0.4) is 0 Å². The van der Waals surface area contributed by atoms with Gasteiger partial charge in [-0.2, -0.15) is 0 Å². The molecule has 0 spiro atoms. The third kappa shape index (κ3) is 4.74. The topological polar surface area (TPSA) is 63.2 Å². The van der Waals surface area contributed by atoms with Gasteiger partial charge in [-0.3, -0.25) is 9.78 Å². The van der Waals surface area contributed by atoms with Gasteiger partial charge in [0.2, 0.25) is 6.41 Å². The van der Waals surface area contributed by atoms with Crippen molar-refractivity contribution in [1.29, 1.82) is 0 Å². The van der Waals surface area contributed by atoms with Gasteiger partial charge < -0.3 is 15.4 Å². The number of aryl methyl sites for hydroxylation is 1. The molecule has 0 bridgehead atoms. The van der Waals surface area contributed by atoms with Crippen molar-refractivity contribution in [3.05, 3.63) is 41.7 Å². The number of nitrogens with zero attached hydrogens (tertiary/aromatic N) is 1. The number of amides is 1. The van der Waals surface area contributed by atoms with Crippen molar-refractivity contribution in [2.75, 3.05) is 26.3 Å². The Bertz CT molecular complexity index is 650. The van der Waals surface area contributed by atoms with Crippen LogP contribution in [0.4, 0.5) is 0 Å². The summed E-state index contributed by atoms with van der Waals surface area (Å²) in [7, 11) is 0. The number of benzene rings is 1. The predicted octanol–water partition coefficient (Wildman–Crippen LogP) is 2.62. The zero-order valence-electron chi connectivity index (χ0n) is 14.1. The first-order valence-electron chi connectivity index (χ1n) is 7.91. The number of ether oxygens (including phenoxy) is 1. The van der Waals surface area contributed by atoms with Gasteiger partial charge in [-0.05, 0) is 32.2 Å². The van der Waals surface area contributed by atoms with Crippen LogP contribution < -0.4 is 10.6 Å². The van der Waals surface area contributed by atoms with E-state index < -0.39 is 5.54 Å². The smallest absolute Gasteiger partial charge is 0.207 e. The lowest BCUT2D eigenvalue weighted by molar-refractivity contribution is -0.111. The van der Waals surface area contributed by atoms with Gasteiger partial charge in [0.1, 0.15) is 0 Å². The Labute approximate surface area is 140 Å². The molecule has 0 atom stereocenters. The maximum Gasteiger partial charge on any atom is 0.207 e. The largest absolute Gasteiger partial charge is 0.379 e. The molecule has 1 saturated heterocycles. The summed E-state index contributed by atoms with van der Waals surface area (Å²) in [6.07, 6.45) is 0.721. The van der Waals surface area contributed by atoms with E-state index in [-0.39, 0.29) is 2.85 Å². The highest BCUT2D eigenvalue weighted by Crippen LogP contribution is 2.26. The number of nitrogens with one attached hydrogen (secondary N) is 2. The van der Waals surface area contributed by atoms with Crippen molar-refractivity contribution in [3.8, 4) is 0 Å². The Morgan fingerprint density at radius 3 is 2.57 bits per heavy atom. The molecule has 2 heterocycles. The van der Waals surface area contributed by atoms with E-state index in [0.29, 0.717) is 0 Å². The number of rotatable bonds is 3. The molecule has 1 aliphatic heterocycles. The van der Waals surface area contributed by atoms with Crippen LogP contribution >= 0.6 is 0 Å².